The van der Waals surface area contributed by atoms with Crippen molar-refractivity contribution in [3.63, 3.8) is 0 Å². The Bertz CT molecular complexity index is 993. The number of furan rings is 1. The van der Waals surface area contributed by atoms with Crippen molar-refractivity contribution in [3.05, 3.63) is 68.3 Å². The summed E-state index contributed by atoms with van der Waals surface area (Å²) in [5.41, 5.74) is 2.98. The van der Waals surface area contributed by atoms with Gasteiger partial charge in [-0.1, -0.05) is 23.7 Å². The number of nitrogens with zero attached hydrogens (tertiary/aromatic N) is 2. The van der Waals surface area contributed by atoms with Gasteiger partial charge in [0.2, 0.25) is 0 Å². The van der Waals surface area contributed by atoms with Crippen LogP contribution in [0.2, 0.25) is 5.02 Å². The highest BCUT2D eigenvalue weighted by Gasteiger charge is 2.13. The van der Waals surface area contributed by atoms with Gasteiger partial charge in [0.1, 0.15) is 18.1 Å². The molecule has 1 amide bonds. The lowest BCUT2D eigenvalue weighted by Gasteiger charge is -2.09. The van der Waals surface area contributed by atoms with E-state index in [2.05, 4.69) is 26.3 Å². The molecule has 0 saturated carbocycles. The maximum Gasteiger partial charge on any atom is 0.286 e. The van der Waals surface area contributed by atoms with Crippen LogP contribution in [0.5, 0.6) is 5.75 Å². The molecule has 0 aliphatic carbocycles. The van der Waals surface area contributed by atoms with Crippen molar-refractivity contribution in [2.24, 2.45) is 0 Å². The summed E-state index contributed by atoms with van der Waals surface area (Å²) >= 11 is 9.68. The summed E-state index contributed by atoms with van der Waals surface area (Å²) in [7, 11) is 0. The average Bonchev–Trinajstić information content (AvgIpc) is 3.26. The van der Waals surface area contributed by atoms with E-state index in [0.29, 0.717) is 23.1 Å². The largest absolute Gasteiger partial charge is 0.484 e. The SMILES string of the molecule is Cc1cccc(Cl)c1OCc1ccc(C(=O)NCCCn2nc(C)c(Br)c2C)o1. The van der Waals surface area contributed by atoms with Crippen LogP contribution >= 0.6 is 27.5 Å². The molecule has 1 aromatic carbocycles. The lowest BCUT2D eigenvalue weighted by atomic mass is 10.2. The van der Waals surface area contributed by atoms with Crippen molar-refractivity contribution in [2.75, 3.05) is 6.54 Å². The van der Waals surface area contributed by atoms with Crippen LogP contribution in [0.15, 0.2) is 39.2 Å². The Morgan fingerprint density at radius 3 is 2.76 bits per heavy atom. The number of nitrogens with one attached hydrogen (secondary N) is 1. The van der Waals surface area contributed by atoms with Crippen molar-refractivity contribution in [3.8, 4) is 5.75 Å². The summed E-state index contributed by atoms with van der Waals surface area (Å²) in [6, 6.07) is 8.94. The molecular weight excluding hydrogens is 458 g/mol. The molecule has 0 unspecified atom stereocenters. The molecule has 29 heavy (non-hydrogen) atoms. The molecule has 0 atom stereocenters. The molecule has 2 aromatic heterocycles. The Kier molecular flexibility index (Phi) is 7.03. The van der Waals surface area contributed by atoms with E-state index in [1.165, 1.54) is 0 Å². The Hall–Kier alpha value is -2.25. The zero-order chi connectivity index (χ0) is 21.0. The smallest absolute Gasteiger partial charge is 0.286 e. The second-order valence-corrected chi connectivity index (χ2v) is 7.96. The van der Waals surface area contributed by atoms with Crippen LogP contribution in [0.1, 0.15) is 39.7 Å². The fraction of sp³-hybridized carbons (Fsp3) is 0.333. The monoisotopic (exact) mass is 479 g/mol. The number of rotatable bonds is 8. The molecule has 0 saturated heterocycles. The number of hydrogen-bond acceptors (Lipinski definition) is 4. The quantitative estimate of drug-likeness (QED) is 0.449. The van der Waals surface area contributed by atoms with E-state index < -0.39 is 0 Å². The molecule has 3 rings (SSSR count). The number of aromatic nitrogens is 2. The number of carbonyl (C=O) groups excluding carboxylic acids is 1. The van der Waals surface area contributed by atoms with Crippen molar-refractivity contribution in [1.82, 2.24) is 15.1 Å². The third kappa shape index (κ3) is 5.22. The summed E-state index contributed by atoms with van der Waals surface area (Å²) in [5, 5.41) is 7.87. The molecule has 0 aliphatic heterocycles. The van der Waals surface area contributed by atoms with E-state index in [1.54, 1.807) is 18.2 Å². The first-order chi connectivity index (χ1) is 13.9. The number of hydrogen-bond donors (Lipinski definition) is 1. The maximum atomic E-state index is 12.3. The highest BCUT2D eigenvalue weighted by atomic mass is 79.9. The van der Waals surface area contributed by atoms with Crippen LogP contribution in [0.4, 0.5) is 0 Å². The molecule has 0 aliphatic rings. The normalized spacial score (nSPS) is 10.9. The lowest BCUT2D eigenvalue weighted by Crippen LogP contribution is -2.25. The Morgan fingerprint density at radius 1 is 1.28 bits per heavy atom. The van der Waals surface area contributed by atoms with Gasteiger partial charge in [0.05, 0.1) is 15.2 Å². The average molecular weight is 481 g/mol. The van der Waals surface area contributed by atoms with Crippen LogP contribution in [0, 0.1) is 20.8 Å². The van der Waals surface area contributed by atoms with Gasteiger partial charge in [-0.25, -0.2) is 0 Å². The third-order valence-corrected chi connectivity index (χ3v) is 5.98. The summed E-state index contributed by atoms with van der Waals surface area (Å²) in [6.45, 7) is 7.35. The van der Waals surface area contributed by atoms with E-state index in [4.69, 9.17) is 20.8 Å². The van der Waals surface area contributed by atoms with Gasteiger partial charge in [-0.05, 0) is 66.9 Å². The topological polar surface area (TPSA) is 69.3 Å². The Balaban J connectivity index is 1.47. The van der Waals surface area contributed by atoms with Crippen LogP contribution < -0.4 is 10.1 Å². The first-order valence-corrected chi connectivity index (χ1v) is 10.5. The highest BCUT2D eigenvalue weighted by Crippen LogP contribution is 2.28. The second kappa shape index (κ2) is 9.50. The number of benzene rings is 1. The summed E-state index contributed by atoms with van der Waals surface area (Å²) < 4.78 is 14.3. The molecular formula is C21H23BrClN3O3. The van der Waals surface area contributed by atoms with Gasteiger partial charge in [-0.15, -0.1) is 0 Å². The first kappa shape index (κ1) is 21.5. The number of amides is 1. The van der Waals surface area contributed by atoms with Gasteiger partial charge in [-0.2, -0.15) is 5.10 Å². The minimum absolute atomic E-state index is 0.199. The van der Waals surface area contributed by atoms with Crippen molar-refractivity contribution < 1.29 is 13.9 Å². The molecule has 0 radical (unpaired) electrons. The van der Waals surface area contributed by atoms with Gasteiger partial charge in [0.15, 0.2) is 5.76 Å². The fourth-order valence-electron chi connectivity index (χ4n) is 2.93. The molecule has 0 bridgehead atoms. The van der Waals surface area contributed by atoms with Crippen LogP contribution in [-0.2, 0) is 13.2 Å². The number of carbonyl (C=O) groups is 1. The zero-order valence-electron chi connectivity index (χ0n) is 16.6. The molecule has 1 N–H and O–H groups in total. The predicted molar refractivity (Wildman–Crippen MR) is 116 cm³/mol. The number of halogens is 2. The Labute approximate surface area is 183 Å². The van der Waals surface area contributed by atoms with E-state index in [9.17, 15) is 4.79 Å². The molecule has 8 heteroatoms. The van der Waals surface area contributed by atoms with Crippen LogP contribution in [0.25, 0.3) is 0 Å². The third-order valence-electron chi connectivity index (χ3n) is 4.53. The van der Waals surface area contributed by atoms with Gasteiger partial charge in [-0.3, -0.25) is 9.48 Å². The van der Waals surface area contributed by atoms with E-state index in [0.717, 1.165) is 34.4 Å². The zero-order valence-corrected chi connectivity index (χ0v) is 18.9. The molecule has 0 fully saturated rings. The number of para-hydroxylation sites is 1. The molecule has 6 nitrogen and oxygen atoms in total. The molecule has 3 aromatic rings. The van der Waals surface area contributed by atoms with E-state index in [-0.39, 0.29) is 18.3 Å². The van der Waals surface area contributed by atoms with Gasteiger partial charge in [0.25, 0.3) is 5.91 Å². The van der Waals surface area contributed by atoms with Gasteiger partial charge >= 0.3 is 0 Å². The minimum Gasteiger partial charge on any atom is -0.484 e. The molecule has 0 spiro atoms. The Morgan fingerprint density at radius 2 is 2.07 bits per heavy atom. The highest BCUT2D eigenvalue weighted by molar-refractivity contribution is 9.10. The van der Waals surface area contributed by atoms with Crippen molar-refractivity contribution in [1.29, 1.82) is 0 Å². The summed E-state index contributed by atoms with van der Waals surface area (Å²) in [5.74, 6) is 1.18. The van der Waals surface area contributed by atoms with Gasteiger partial charge in [0, 0.05) is 18.8 Å². The number of ether oxygens (including phenoxy) is 1. The van der Waals surface area contributed by atoms with Crippen LogP contribution in [-0.4, -0.2) is 22.2 Å². The minimum atomic E-state index is -0.250. The van der Waals surface area contributed by atoms with E-state index >= 15 is 0 Å². The standard InChI is InChI=1S/C21H23BrClN3O3/c1-13-6-4-7-17(23)20(13)28-12-16-8-9-18(29-16)21(27)24-10-5-11-26-15(3)19(22)14(2)25-26/h4,6-9H,5,10-12H2,1-3H3,(H,24,27). The van der Waals surface area contributed by atoms with Crippen molar-refractivity contribution >= 4 is 33.4 Å². The first-order valence-electron chi connectivity index (χ1n) is 9.31. The van der Waals surface area contributed by atoms with Crippen LogP contribution in [0.3, 0.4) is 0 Å². The molecule has 2 heterocycles. The molecule has 154 valence electrons. The van der Waals surface area contributed by atoms with E-state index in [1.807, 2.05) is 37.6 Å². The lowest BCUT2D eigenvalue weighted by molar-refractivity contribution is 0.0920. The van der Waals surface area contributed by atoms with Crippen molar-refractivity contribution in [2.45, 2.75) is 40.3 Å². The predicted octanol–water partition coefficient (Wildman–Crippen LogP) is 5.22. The maximum absolute atomic E-state index is 12.3. The summed E-state index contributed by atoms with van der Waals surface area (Å²) in [6.07, 6.45) is 0.766. The van der Waals surface area contributed by atoms with Gasteiger partial charge < -0.3 is 14.5 Å². The summed E-state index contributed by atoms with van der Waals surface area (Å²) in [4.78, 5) is 12.3. The number of aryl methyl sites for hydroxylation is 3. The fourth-order valence-corrected chi connectivity index (χ4v) is 3.49. The second-order valence-electron chi connectivity index (χ2n) is 6.76.